The third-order valence-corrected chi connectivity index (χ3v) is 1.63. The molecular formula is C8H15ClMgO2. The van der Waals surface area contributed by atoms with Crippen molar-refractivity contribution < 1.29 is 21.9 Å². The topological polar surface area (TPSA) is 18.5 Å². The number of hydrogen-bond acceptors (Lipinski definition) is 2. The van der Waals surface area contributed by atoms with Crippen LogP contribution in [0.3, 0.4) is 0 Å². The number of unbranched alkanes of at least 4 members (excludes halogenated alkanes) is 2. The molecule has 12 heavy (non-hydrogen) atoms. The Balaban J connectivity index is 0. The van der Waals surface area contributed by atoms with Crippen molar-refractivity contribution in [2.24, 2.45) is 0 Å². The van der Waals surface area contributed by atoms with E-state index < -0.39 is 0 Å². The molecule has 1 rings (SSSR count). The van der Waals surface area contributed by atoms with Crippen LogP contribution in [0.4, 0.5) is 0 Å². The van der Waals surface area contributed by atoms with Gasteiger partial charge in [0.05, 0.1) is 13.2 Å². The van der Waals surface area contributed by atoms with Gasteiger partial charge in [-0.1, -0.05) is 12.8 Å². The summed E-state index contributed by atoms with van der Waals surface area (Å²) in [5, 5.41) is 0. The smallest absolute Gasteiger partial charge is 1.00 e. The number of hydrogen-bond donors (Lipinski definition) is 0. The van der Waals surface area contributed by atoms with Gasteiger partial charge in [-0.3, -0.25) is 0 Å². The molecule has 4 heteroatoms. The monoisotopic (exact) mass is 202 g/mol. The summed E-state index contributed by atoms with van der Waals surface area (Å²) in [6.07, 6.45) is 4.51. The molecule has 0 aliphatic carbocycles. The van der Waals surface area contributed by atoms with Crippen LogP contribution >= 0.6 is 0 Å². The van der Waals surface area contributed by atoms with Gasteiger partial charge in [-0.2, -0.15) is 6.42 Å². The van der Waals surface area contributed by atoms with E-state index in [4.69, 9.17) is 9.47 Å². The number of ether oxygens (including phenoxy) is 2. The van der Waals surface area contributed by atoms with E-state index in [1.165, 1.54) is 12.8 Å². The van der Waals surface area contributed by atoms with Crippen molar-refractivity contribution in [1.82, 2.24) is 0 Å². The van der Waals surface area contributed by atoms with Gasteiger partial charge >= 0.3 is 23.1 Å². The molecule has 0 saturated carbocycles. The summed E-state index contributed by atoms with van der Waals surface area (Å²) in [4.78, 5) is 0. The molecule has 0 spiro atoms. The van der Waals surface area contributed by atoms with E-state index >= 15 is 0 Å². The first-order chi connectivity index (χ1) is 4.93. The van der Waals surface area contributed by atoms with E-state index in [2.05, 4.69) is 6.92 Å². The first-order valence-electron chi connectivity index (χ1n) is 3.96. The van der Waals surface area contributed by atoms with Crippen molar-refractivity contribution in [3.05, 3.63) is 6.92 Å². The minimum Gasteiger partial charge on any atom is -1.00 e. The van der Waals surface area contributed by atoms with E-state index in [9.17, 15) is 0 Å². The molecule has 0 radical (unpaired) electrons. The maximum absolute atomic E-state index is 5.26. The van der Waals surface area contributed by atoms with Gasteiger partial charge in [0, 0.05) is 0 Å². The molecule has 0 N–H and O–H groups in total. The van der Waals surface area contributed by atoms with Crippen LogP contribution in [-0.4, -0.2) is 42.6 Å². The van der Waals surface area contributed by atoms with Crippen LogP contribution in [-0.2, 0) is 9.47 Å². The summed E-state index contributed by atoms with van der Waals surface area (Å²) >= 11 is 0. The largest absolute Gasteiger partial charge is 2.00 e. The second-order valence-electron chi connectivity index (χ2n) is 2.52. The fourth-order valence-electron chi connectivity index (χ4n) is 1.06. The van der Waals surface area contributed by atoms with E-state index in [0.717, 1.165) is 26.1 Å². The van der Waals surface area contributed by atoms with Gasteiger partial charge in [0.1, 0.15) is 0 Å². The molecule has 0 aromatic rings. The number of halogens is 1. The van der Waals surface area contributed by atoms with E-state index in [-0.39, 0.29) is 41.7 Å². The molecule has 1 aliphatic heterocycles. The predicted octanol–water partition coefficient (Wildman–Crippen LogP) is -1.62. The van der Waals surface area contributed by atoms with Crippen LogP contribution in [0.15, 0.2) is 0 Å². The normalized spacial score (nSPS) is 16.8. The second-order valence-corrected chi connectivity index (χ2v) is 2.52. The third-order valence-electron chi connectivity index (χ3n) is 1.63. The molecule has 0 amide bonds. The van der Waals surface area contributed by atoms with Gasteiger partial charge in [-0.25, -0.2) is 0 Å². The Morgan fingerprint density at radius 1 is 1.17 bits per heavy atom. The molecule has 0 atom stereocenters. The molecule has 0 unspecified atom stereocenters. The molecular weight excluding hydrogens is 188 g/mol. The molecule has 0 aromatic carbocycles. The first kappa shape index (κ1) is 15.4. The molecule has 1 heterocycles. The predicted molar refractivity (Wildman–Crippen MR) is 45.3 cm³/mol. The maximum atomic E-state index is 5.26. The minimum absolute atomic E-state index is 0. The second kappa shape index (κ2) is 10.1. The van der Waals surface area contributed by atoms with Gasteiger partial charge in [0.15, 0.2) is 6.29 Å². The zero-order chi connectivity index (χ0) is 7.23. The molecule has 2 nitrogen and oxygen atoms in total. The minimum atomic E-state index is 0. The van der Waals surface area contributed by atoms with Crippen LogP contribution in [0, 0.1) is 6.92 Å². The van der Waals surface area contributed by atoms with Crippen LogP contribution in [0.1, 0.15) is 25.7 Å². The van der Waals surface area contributed by atoms with Crippen LogP contribution in [0.2, 0.25) is 0 Å². The molecule has 0 aromatic heterocycles. The summed E-state index contributed by atoms with van der Waals surface area (Å²) in [5.41, 5.74) is 0. The van der Waals surface area contributed by atoms with Crippen molar-refractivity contribution in [2.75, 3.05) is 13.2 Å². The Hall–Kier alpha value is 0.976. The SMILES string of the molecule is [CH2-]CCCCC1OCCO1.[Cl-].[Mg+2]. The van der Waals surface area contributed by atoms with E-state index in [1.54, 1.807) is 0 Å². The Morgan fingerprint density at radius 3 is 2.25 bits per heavy atom. The molecule has 68 valence electrons. The average Bonchev–Trinajstić information content (AvgIpc) is 2.41. The van der Waals surface area contributed by atoms with Crippen molar-refractivity contribution >= 4 is 23.1 Å². The summed E-state index contributed by atoms with van der Waals surface area (Å²) in [6, 6.07) is 0. The van der Waals surface area contributed by atoms with Crippen LogP contribution in [0.25, 0.3) is 0 Å². The summed E-state index contributed by atoms with van der Waals surface area (Å²) in [6.45, 7) is 5.31. The summed E-state index contributed by atoms with van der Waals surface area (Å²) < 4.78 is 10.5. The van der Waals surface area contributed by atoms with E-state index in [1.807, 2.05) is 0 Å². The van der Waals surface area contributed by atoms with Gasteiger partial charge < -0.3 is 28.8 Å². The summed E-state index contributed by atoms with van der Waals surface area (Å²) in [5.74, 6) is 0. The van der Waals surface area contributed by atoms with Crippen molar-refractivity contribution in [1.29, 1.82) is 0 Å². The Kier molecular flexibility index (Phi) is 13.0. The van der Waals surface area contributed by atoms with Crippen molar-refractivity contribution in [3.8, 4) is 0 Å². The quantitative estimate of drug-likeness (QED) is 0.310. The van der Waals surface area contributed by atoms with Crippen LogP contribution in [0.5, 0.6) is 0 Å². The fourth-order valence-corrected chi connectivity index (χ4v) is 1.06. The number of rotatable bonds is 4. The van der Waals surface area contributed by atoms with Crippen LogP contribution < -0.4 is 12.4 Å². The van der Waals surface area contributed by atoms with Gasteiger partial charge in [0.25, 0.3) is 0 Å². The standard InChI is InChI=1S/C8H15O2.ClH.Mg/c1-2-3-4-5-8-9-6-7-10-8;;/h8H,1-7H2;1H;/q-1;;+2/p-1. The Bertz CT molecular complexity index is 87.1. The molecule has 1 fully saturated rings. The molecule has 1 aliphatic rings. The summed E-state index contributed by atoms with van der Waals surface area (Å²) in [7, 11) is 0. The van der Waals surface area contributed by atoms with Gasteiger partial charge in [-0.15, -0.1) is 0 Å². The van der Waals surface area contributed by atoms with E-state index in [0.29, 0.717) is 0 Å². The van der Waals surface area contributed by atoms with Gasteiger partial charge in [-0.05, 0) is 6.42 Å². The third kappa shape index (κ3) is 6.49. The molecule has 1 saturated heterocycles. The Morgan fingerprint density at radius 2 is 1.75 bits per heavy atom. The van der Waals surface area contributed by atoms with Gasteiger partial charge in [0.2, 0.25) is 0 Å². The molecule has 0 bridgehead atoms. The Labute approximate surface area is 96.9 Å². The zero-order valence-corrected chi connectivity index (χ0v) is 9.60. The van der Waals surface area contributed by atoms with Crippen molar-refractivity contribution in [3.63, 3.8) is 0 Å². The fraction of sp³-hybridized carbons (Fsp3) is 0.875. The average molecular weight is 203 g/mol. The van der Waals surface area contributed by atoms with Crippen molar-refractivity contribution in [2.45, 2.75) is 32.0 Å². The first-order valence-corrected chi connectivity index (χ1v) is 3.96. The zero-order valence-electron chi connectivity index (χ0n) is 7.43. The maximum Gasteiger partial charge on any atom is 2.00 e.